The lowest BCUT2D eigenvalue weighted by Gasteiger charge is -2.15. The van der Waals surface area contributed by atoms with Crippen LogP contribution in [0.3, 0.4) is 0 Å². The molecule has 98 valence electrons. The van der Waals surface area contributed by atoms with E-state index >= 15 is 0 Å². The molecule has 0 fully saturated rings. The van der Waals surface area contributed by atoms with Gasteiger partial charge in [0, 0.05) is 0 Å². The van der Waals surface area contributed by atoms with Crippen LogP contribution in [0.15, 0.2) is 24.7 Å². The van der Waals surface area contributed by atoms with Crippen LogP contribution in [-0.4, -0.2) is 9.97 Å². The predicted octanol–water partition coefficient (Wildman–Crippen LogP) is 4.54. The molecule has 0 spiro atoms. The summed E-state index contributed by atoms with van der Waals surface area (Å²) in [5.41, 5.74) is 2.26. The molecule has 3 nitrogen and oxygen atoms in total. The summed E-state index contributed by atoms with van der Waals surface area (Å²) in [6.45, 7) is 0. The van der Waals surface area contributed by atoms with Crippen LogP contribution in [0.25, 0.3) is 0 Å². The van der Waals surface area contributed by atoms with Crippen molar-refractivity contribution in [3.05, 3.63) is 50.9 Å². The molecule has 1 aliphatic rings. The minimum Gasteiger partial charge on any atom is -0.362 e. The molecule has 0 radical (unpaired) electrons. The summed E-state index contributed by atoms with van der Waals surface area (Å²) in [7, 11) is 0. The topological polar surface area (TPSA) is 37.8 Å². The van der Waals surface area contributed by atoms with Crippen LogP contribution in [-0.2, 0) is 6.42 Å². The molecule has 1 heterocycles. The molecule has 0 aliphatic heterocycles. The molecule has 1 aliphatic carbocycles. The first-order valence-electron chi connectivity index (χ1n) is 5.85. The molecule has 1 N–H and O–H groups in total. The zero-order valence-corrected chi connectivity index (χ0v) is 12.1. The van der Waals surface area contributed by atoms with E-state index in [2.05, 4.69) is 15.3 Å². The Morgan fingerprint density at radius 1 is 1.16 bits per heavy atom. The highest BCUT2D eigenvalue weighted by Gasteiger charge is 2.26. The number of aromatic nitrogens is 2. The van der Waals surface area contributed by atoms with Crippen LogP contribution >= 0.6 is 34.8 Å². The zero-order chi connectivity index (χ0) is 13.4. The number of rotatable bonds is 2. The van der Waals surface area contributed by atoms with Crippen molar-refractivity contribution >= 4 is 40.6 Å². The Bertz CT molecular complexity index is 631. The van der Waals surface area contributed by atoms with Crippen LogP contribution in [0.1, 0.15) is 23.6 Å². The molecule has 19 heavy (non-hydrogen) atoms. The van der Waals surface area contributed by atoms with Crippen LogP contribution in [0, 0.1) is 0 Å². The van der Waals surface area contributed by atoms with Gasteiger partial charge < -0.3 is 5.32 Å². The number of halogens is 3. The Labute approximate surface area is 125 Å². The summed E-state index contributed by atoms with van der Waals surface area (Å²) in [5.74, 6) is 0.639. The average Bonchev–Trinajstić information content (AvgIpc) is 2.81. The largest absolute Gasteiger partial charge is 0.362 e. The number of hydrogen-bond acceptors (Lipinski definition) is 3. The van der Waals surface area contributed by atoms with Gasteiger partial charge in [0.1, 0.15) is 17.2 Å². The van der Waals surface area contributed by atoms with Gasteiger partial charge in [0.15, 0.2) is 0 Å². The van der Waals surface area contributed by atoms with Crippen LogP contribution < -0.4 is 5.32 Å². The molecule has 1 aromatic heterocycles. The number of benzene rings is 1. The number of nitrogens with zero attached hydrogens (tertiary/aromatic N) is 2. The van der Waals surface area contributed by atoms with E-state index in [0.29, 0.717) is 20.9 Å². The standard InChI is InChI=1S/C13H10Cl3N3/c14-9-3-1-7-8(12(9)16)2-4-11(7)19-13-10(15)5-17-6-18-13/h1,3,5-6,11H,2,4H2,(H,17,18,19). The van der Waals surface area contributed by atoms with Gasteiger partial charge in [-0.05, 0) is 30.0 Å². The van der Waals surface area contributed by atoms with Crippen molar-refractivity contribution < 1.29 is 0 Å². The Morgan fingerprint density at radius 3 is 2.79 bits per heavy atom. The van der Waals surface area contributed by atoms with Gasteiger partial charge in [-0.15, -0.1) is 0 Å². The van der Waals surface area contributed by atoms with E-state index in [0.717, 1.165) is 24.0 Å². The predicted molar refractivity (Wildman–Crippen MR) is 78.2 cm³/mol. The molecule has 0 saturated carbocycles. The summed E-state index contributed by atoms with van der Waals surface area (Å²) >= 11 is 18.3. The first-order chi connectivity index (χ1) is 9.16. The fourth-order valence-electron chi connectivity index (χ4n) is 2.37. The minimum absolute atomic E-state index is 0.150. The van der Waals surface area contributed by atoms with Crippen LogP contribution in [0.4, 0.5) is 5.82 Å². The third-order valence-corrected chi connectivity index (χ3v) is 4.39. The van der Waals surface area contributed by atoms with Gasteiger partial charge in [0.2, 0.25) is 0 Å². The molecule has 2 aromatic rings. The Hall–Kier alpha value is -1.03. The fraction of sp³-hybridized carbons (Fsp3) is 0.231. The third kappa shape index (κ3) is 2.38. The van der Waals surface area contributed by atoms with Gasteiger partial charge in [0.05, 0.1) is 22.3 Å². The molecule has 1 atom stereocenters. The summed E-state index contributed by atoms with van der Waals surface area (Å²) < 4.78 is 0. The van der Waals surface area contributed by atoms with E-state index in [1.807, 2.05) is 12.1 Å². The van der Waals surface area contributed by atoms with Gasteiger partial charge in [-0.25, -0.2) is 9.97 Å². The average molecular weight is 315 g/mol. The van der Waals surface area contributed by atoms with Gasteiger partial charge in [-0.3, -0.25) is 0 Å². The molecule has 0 amide bonds. The second kappa shape index (κ2) is 5.16. The summed E-state index contributed by atoms with van der Waals surface area (Å²) in [5, 5.41) is 5.09. The van der Waals surface area contributed by atoms with Crippen molar-refractivity contribution in [2.45, 2.75) is 18.9 Å². The highest BCUT2D eigenvalue weighted by molar-refractivity contribution is 6.42. The summed E-state index contributed by atoms with van der Waals surface area (Å²) in [6, 6.07) is 3.98. The monoisotopic (exact) mass is 313 g/mol. The Morgan fingerprint density at radius 2 is 2.00 bits per heavy atom. The molecule has 3 rings (SSSR count). The number of nitrogens with one attached hydrogen (secondary N) is 1. The fourth-order valence-corrected chi connectivity index (χ4v) is 2.97. The van der Waals surface area contributed by atoms with E-state index in [-0.39, 0.29) is 6.04 Å². The van der Waals surface area contributed by atoms with E-state index in [9.17, 15) is 0 Å². The first kappa shape index (κ1) is 13.0. The molecular formula is C13H10Cl3N3. The minimum atomic E-state index is 0.150. The Kier molecular flexibility index (Phi) is 3.52. The summed E-state index contributed by atoms with van der Waals surface area (Å²) in [4.78, 5) is 8.01. The molecular weight excluding hydrogens is 305 g/mol. The second-order valence-electron chi connectivity index (χ2n) is 4.38. The highest BCUT2D eigenvalue weighted by Crippen LogP contribution is 2.40. The molecule has 1 unspecified atom stereocenters. The van der Waals surface area contributed by atoms with Crippen molar-refractivity contribution in [3.63, 3.8) is 0 Å². The SMILES string of the molecule is Clc1cncnc1NC1CCc2c1ccc(Cl)c2Cl. The maximum Gasteiger partial charge on any atom is 0.148 e. The normalized spacial score (nSPS) is 17.3. The van der Waals surface area contributed by atoms with E-state index < -0.39 is 0 Å². The lowest BCUT2D eigenvalue weighted by atomic mass is 10.1. The Balaban J connectivity index is 1.92. The van der Waals surface area contributed by atoms with Gasteiger partial charge in [-0.2, -0.15) is 0 Å². The molecule has 6 heteroatoms. The zero-order valence-electron chi connectivity index (χ0n) is 9.83. The number of hydrogen-bond donors (Lipinski definition) is 1. The van der Waals surface area contributed by atoms with Crippen molar-refractivity contribution in [3.8, 4) is 0 Å². The molecule has 0 bridgehead atoms. The van der Waals surface area contributed by atoms with Crippen molar-refractivity contribution in [2.75, 3.05) is 5.32 Å². The quantitative estimate of drug-likeness (QED) is 0.884. The van der Waals surface area contributed by atoms with Crippen molar-refractivity contribution in [2.24, 2.45) is 0 Å². The molecule has 1 aromatic carbocycles. The van der Waals surface area contributed by atoms with Gasteiger partial charge in [0.25, 0.3) is 0 Å². The second-order valence-corrected chi connectivity index (χ2v) is 5.58. The third-order valence-electron chi connectivity index (χ3n) is 3.27. The van der Waals surface area contributed by atoms with Gasteiger partial charge in [-0.1, -0.05) is 40.9 Å². The van der Waals surface area contributed by atoms with E-state index in [1.165, 1.54) is 6.33 Å². The highest BCUT2D eigenvalue weighted by atomic mass is 35.5. The molecule has 0 saturated heterocycles. The maximum atomic E-state index is 6.23. The van der Waals surface area contributed by atoms with Crippen LogP contribution in [0.5, 0.6) is 0 Å². The van der Waals surface area contributed by atoms with Gasteiger partial charge >= 0.3 is 0 Å². The number of anilines is 1. The van der Waals surface area contributed by atoms with E-state index in [4.69, 9.17) is 34.8 Å². The smallest absolute Gasteiger partial charge is 0.148 e. The van der Waals surface area contributed by atoms with Crippen molar-refractivity contribution in [1.29, 1.82) is 0 Å². The number of fused-ring (bicyclic) bond motifs is 1. The maximum absolute atomic E-state index is 6.23. The van der Waals surface area contributed by atoms with Crippen LogP contribution in [0.2, 0.25) is 15.1 Å². The lowest BCUT2D eigenvalue weighted by Crippen LogP contribution is -2.09. The lowest BCUT2D eigenvalue weighted by molar-refractivity contribution is 0.756. The summed E-state index contributed by atoms with van der Waals surface area (Å²) in [6.07, 6.45) is 4.88. The van der Waals surface area contributed by atoms with E-state index in [1.54, 1.807) is 6.20 Å². The first-order valence-corrected chi connectivity index (χ1v) is 6.99. The van der Waals surface area contributed by atoms with Crippen molar-refractivity contribution in [1.82, 2.24) is 9.97 Å².